The smallest absolute Gasteiger partial charge is 0.334 e. The topological polar surface area (TPSA) is 65.0 Å². The predicted octanol–water partition coefficient (Wildman–Crippen LogP) is 1.86. The molecule has 0 aliphatic carbocycles. The second kappa shape index (κ2) is 6.54. The number of phenols is 1. The molecule has 0 heterocycles. The zero-order valence-corrected chi connectivity index (χ0v) is 10.5. The Bertz CT molecular complexity index is 422. The summed E-state index contributed by atoms with van der Waals surface area (Å²) < 4.78 is 15.1. The van der Waals surface area contributed by atoms with Gasteiger partial charge in [-0.1, -0.05) is 0 Å². The molecule has 0 saturated carbocycles. The van der Waals surface area contributed by atoms with Gasteiger partial charge in [-0.2, -0.15) is 0 Å². The zero-order valence-electron chi connectivity index (χ0n) is 10.5. The maximum absolute atomic E-state index is 11.1. The lowest BCUT2D eigenvalue weighted by molar-refractivity contribution is -0.135. The van der Waals surface area contributed by atoms with E-state index in [1.807, 2.05) is 0 Å². The molecule has 1 aromatic carbocycles. The normalized spacial score (nSPS) is 12.7. The van der Waals surface area contributed by atoms with Crippen LogP contribution >= 0.6 is 0 Å². The van der Waals surface area contributed by atoms with Crippen molar-refractivity contribution in [1.29, 1.82) is 0 Å². The summed E-state index contributed by atoms with van der Waals surface area (Å²) >= 11 is 0. The van der Waals surface area contributed by atoms with Gasteiger partial charge in [-0.15, -0.1) is 0 Å². The molecule has 18 heavy (non-hydrogen) atoms. The number of methoxy groups -OCH3 is 2. The van der Waals surface area contributed by atoms with Gasteiger partial charge in [-0.3, -0.25) is 0 Å². The number of benzene rings is 1. The summed E-state index contributed by atoms with van der Waals surface area (Å²) in [6.45, 7) is 1.74. The van der Waals surface area contributed by atoms with Crippen molar-refractivity contribution in [3.8, 4) is 11.5 Å². The standard InChI is InChI=1S/C13H16O5/c1-9(12(16-2)8-13(15)17-3)18-11-6-4-10(14)5-7-11/h4-9,14H,1-3H3/b12-8-. The lowest BCUT2D eigenvalue weighted by atomic mass is 10.3. The minimum atomic E-state index is -0.506. The molecule has 1 unspecified atom stereocenters. The summed E-state index contributed by atoms with van der Waals surface area (Å²) in [6.07, 6.45) is 0.782. The lowest BCUT2D eigenvalue weighted by Gasteiger charge is -2.16. The molecule has 5 heteroatoms. The Balaban J connectivity index is 2.73. The molecule has 0 saturated heterocycles. The molecule has 5 nitrogen and oxygen atoms in total. The fraction of sp³-hybridized carbons (Fsp3) is 0.308. The van der Waals surface area contributed by atoms with Gasteiger partial charge >= 0.3 is 5.97 Å². The Morgan fingerprint density at radius 2 is 1.83 bits per heavy atom. The van der Waals surface area contributed by atoms with Gasteiger partial charge in [-0.05, 0) is 31.2 Å². The first-order valence-corrected chi connectivity index (χ1v) is 5.36. The summed E-state index contributed by atoms with van der Waals surface area (Å²) in [6, 6.07) is 6.27. The highest BCUT2D eigenvalue weighted by Crippen LogP contribution is 2.19. The van der Waals surface area contributed by atoms with E-state index in [1.165, 1.54) is 32.4 Å². The molecule has 0 aliphatic heterocycles. The van der Waals surface area contributed by atoms with Gasteiger partial charge in [0.15, 0.2) is 6.10 Å². The number of hydrogen-bond acceptors (Lipinski definition) is 5. The fourth-order valence-corrected chi connectivity index (χ4v) is 1.30. The van der Waals surface area contributed by atoms with Crippen molar-refractivity contribution < 1.29 is 24.1 Å². The highest BCUT2D eigenvalue weighted by Gasteiger charge is 2.13. The fourth-order valence-electron chi connectivity index (χ4n) is 1.30. The van der Waals surface area contributed by atoms with E-state index in [0.717, 1.165) is 0 Å². The highest BCUT2D eigenvalue weighted by atomic mass is 16.5. The molecular weight excluding hydrogens is 236 g/mol. The molecular formula is C13H16O5. The SMILES string of the molecule is COC(=O)/C=C(\OC)C(C)Oc1ccc(O)cc1. The number of ether oxygens (including phenoxy) is 3. The Labute approximate surface area is 106 Å². The third-order valence-electron chi connectivity index (χ3n) is 2.25. The molecule has 0 aromatic heterocycles. The second-order valence-electron chi connectivity index (χ2n) is 3.53. The van der Waals surface area contributed by atoms with Crippen molar-refractivity contribution in [3.05, 3.63) is 36.1 Å². The minimum Gasteiger partial charge on any atom is -0.508 e. The lowest BCUT2D eigenvalue weighted by Crippen LogP contribution is -2.17. The van der Waals surface area contributed by atoms with Crippen LogP contribution in [0.5, 0.6) is 11.5 Å². The van der Waals surface area contributed by atoms with Crippen LogP contribution in [0.25, 0.3) is 0 Å². The number of hydrogen-bond donors (Lipinski definition) is 1. The van der Waals surface area contributed by atoms with E-state index in [4.69, 9.17) is 14.6 Å². The first-order chi connectivity index (χ1) is 8.56. The third-order valence-corrected chi connectivity index (χ3v) is 2.25. The number of carbonyl (C=O) groups excluding carboxylic acids is 1. The average Bonchev–Trinajstić information content (AvgIpc) is 2.38. The van der Waals surface area contributed by atoms with Crippen LogP contribution in [0.4, 0.5) is 0 Å². The van der Waals surface area contributed by atoms with Gasteiger partial charge in [-0.25, -0.2) is 4.79 Å². The minimum absolute atomic E-state index is 0.159. The zero-order chi connectivity index (χ0) is 13.5. The monoisotopic (exact) mass is 252 g/mol. The molecule has 0 fully saturated rings. The predicted molar refractivity (Wildman–Crippen MR) is 65.3 cm³/mol. The molecule has 1 atom stereocenters. The Hall–Kier alpha value is -2.17. The van der Waals surface area contributed by atoms with Crippen molar-refractivity contribution in [1.82, 2.24) is 0 Å². The van der Waals surface area contributed by atoms with Gasteiger partial charge < -0.3 is 19.3 Å². The number of aromatic hydroxyl groups is 1. The van der Waals surface area contributed by atoms with E-state index in [2.05, 4.69) is 4.74 Å². The maximum atomic E-state index is 11.1. The van der Waals surface area contributed by atoms with Crippen molar-refractivity contribution in [2.24, 2.45) is 0 Å². The number of esters is 1. The third kappa shape index (κ3) is 4.01. The molecule has 0 radical (unpaired) electrons. The second-order valence-corrected chi connectivity index (χ2v) is 3.53. The summed E-state index contributed by atoms with van der Waals surface area (Å²) in [5.74, 6) is 0.572. The first kappa shape index (κ1) is 13.9. The van der Waals surface area contributed by atoms with E-state index in [-0.39, 0.29) is 5.75 Å². The molecule has 0 amide bonds. The van der Waals surface area contributed by atoms with Crippen LogP contribution in [0, 0.1) is 0 Å². The van der Waals surface area contributed by atoms with Crippen LogP contribution in [0.15, 0.2) is 36.1 Å². The highest BCUT2D eigenvalue weighted by molar-refractivity contribution is 5.82. The van der Waals surface area contributed by atoms with E-state index >= 15 is 0 Å². The number of carbonyl (C=O) groups is 1. The molecule has 0 spiro atoms. The number of rotatable bonds is 5. The van der Waals surface area contributed by atoms with Crippen LogP contribution in [-0.4, -0.2) is 31.4 Å². The molecule has 98 valence electrons. The summed E-state index contributed by atoms with van der Waals surface area (Å²) in [4.78, 5) is 11.1. The largest absolute Gasteiger partial charge is 0.508 e. The van der Waals surface area contributed by atoms with Crippen molar-refractivity contribution in [2.75, 3.05) is 14.2 Å². The number of phenolic OH excluding ortho intramolecular Hbond substituents is 1. The van der Waals surface area contributed by atoms with Crippen LogP contribution in [0.3, 0.4) is 0 Å². The summed E-state index contributed by atoms with van der Waals surface area (Å²) in [5.41, 5.74) is 0. The Morgan fingerprint density at radius 3 is 2.33 bits per heavy atom. The molecule has 0 bridgehead atoms. The van der Waals surface area contributed by atoms with Crippen molar-refractivity contribution in [3.63, 3.8) is 0 Å². The van der Waals surface area contributed by atoms with E-state index in [1.54, 1.807) is 19.1 Å². The van der Waals surface area contributed by atoms with Gasteiger partial charge in [0.25, 0.3) is 0 Å². The average molecular weight is 252 g/mol. The van der Waals surface area contributed by atoms with Gasteiger partial charge in [0.2, 0.25) is 0 Å². The van der Waals surface area contributed by atoms with Crippen LogP contribution in [0.2, 0.25) is 0 Å². The Kier molecular flexibility index (Phi) is 5.05. The van der Waals surface area contributed by atoms with Crippen molar-refractivity contribution in [2.45, 2.75) is 13.0 Å². The molecule has 1 N–H and O–H groups in total. The molecule has 0 aliphatic rings. The maximum Gasteiger partial charge on any atom is 0.334 e. The van der Waals surface area contributed by atoms with Gasteiger partial charge in [0, 0.05) is 0 Å². The van der Waals surface area contributed by atoms with Gasteiger partial charge in [0.1, 0.15) is 17.3 Å². The molecule has 1 rings (SSSR count). The quantitative estimate of drug-likeness (QED) is 0.492. The van der Waals surface area contributed by atoms with E-state index < -0.39 is 12.1 Å². The summed E-state index contributed by atoms with van der Waals surface area (Å²) in [7, 11) is 2.74. The van der Waals surface area contributed by atoms with Gasteiger partial charge in [0.05, 0.1) is 20.3 Å². The van der Waals surface area contributed by atoms with Crippen LogP contribution in [0.1, 0.15) is 6.92 Å². The van der Waals surface area contributed by atoms with Crippen molar-refractivity contribution >= 4 is 5.97 Å². The van der Waals surface area contributed by atoms with E-state index in [0.29, 0.717) is 11.5 Å². The van der Waals surface area contributed by atoms with Crippen LogP contribution in [-0.2, 0) is 14.3 Å². The summed E-state index contributed by atoms with van der Waals surface area (Å²) in [5, 5.41) is 9.14. The first-order valence-electron chi connectivity index (χ1n) is 5.36. The molecule has 1 aromatic rings. The van der Waals surface area contributed by atoms with Crippen LogP contribution < -0.4 is 4.74 Å². The Morgan fingerprint density at radius 1 is 1.22 bits per heavy atom. The van der Waals surface area contributed by atoms with E-state index in [9.17, 15) is 4.79 Å².